The summed E-state index contributed by atoms with van der Waals surface area (Å²) in [6.07, 6.45) is 3.21. The van der Waals surface area contributed by atoms with Gasteiger partial charge in [0.05, 0.1) is 14.2 Å². The second kappa shape index (κ2) is 8.25. The number of hydrogen-bond acceptors (Lipinski definition) is 3. The van der Waals surface area contributed by atoms with Crippen LogP contribution < -0.4 is 5.73 Å². The van der Waals surface area contributed by atoms with Crippen molar-refractivity contribution in [3.8, 4) is 0 Å². The van der Waals surface area contributed by atoms with Crippen molar-refractivity contribution in [2.24, 2.45) is 11.1 Å². The maximum Gasteiger partial charge on any atom is 0.235 e. The summed E-state index contributed by atoms with van der Waals surface area (Å²) in [5.74, 6) is 0.0426. The van der Waals surface area contributed by atoms with E-state index in [1.54, 1.807) is 16.2 Å². The Kier molecular flexibility index (Phi) is 7.30. The topological polar surface area (TPSA) is 46.3 Å². The fraction of sp³-hybridized carbons (Fsp3) is 0.600. The molecule has 0 aliphatic heterocycles. The van der Waals surface area contributed by atoms with Crippen LogP contribution in [0.3, 0.4) is 0 Å². The van der Waals surface area contributed by atoms with Crippen LogP contribution in [-0.4, -0.2) is 22.8 Å². The van der Waals surface area contributed by atoms with Crippen molar-refractivity contribution in [1.82, 2.24) is 4.90 Å². The van der Waals surface area contributed by atoms with E-state index in [-0.39, 0.29) is 5.91 Å². The molecule has 0 radical (unpaired) electrons. The molecule has 1 aromatic heterocycles. The zero-order valence-electron chi connectivity index (χ0n) is 12.8. The van der Waals surface area contributed by atoms with Gasteiger partial charge in [-0.1, -0.05) is 38.9 Å². The molecule has 0 saturated carbocycles. The van der Waals surface area contributed by atoms with E-state index in [1.165, 1.54) is 0 Å². The zero-order valence-corrected chi connectivity index (χ0v) is 16.0. The van der Waals surface area contributed by atoms with Gasteiger partial charge in [-0.3, -0.25) is 4.79 Å². The molecule has 6 heteroatoms. The molecule has 1 aromatic rings. The molecule has 0 spiro atoms. The summed E-state index contributed by atoms with van der Waals surface area (Å²) < 4.78 is 1.07. The van der Waals surface area contributed by atoms with E-state index in [0.29, 0.717) is 24.4 Å². The molecule has 0 saturated heterocycles. The van der Waals surface area contributed by atoms with Gasteiger partial charge >= 0.3 is 0 Å². The number of amides is 1. The Balaban J connectivity index is 2.95. The molecule has 1 amide bonds. The van der Waals surface area contributed by atoms with Crippen LogP contribution in [0.1, 0.15) is 45.1 Å². The number of nitrogens with two attached hydrogens (primary N) is 1. The Labute approximate surface area is 145 Å². The molecule has 1 heterocycles. The van der Waals surface area contributed by atoms with Crippen LogP contribution >= 0.6 is 39.5 Å². The predicted octanol–water partition coefficient (Wildman–Crippen LogP) is 4.34. The number of hydrogen-bond donors (Lipinski definition) is 1. The lowest BCUT2D eigenvalue weighted by molar-refractivity contribution is -0.138. The smallest absolute Gasteiger partial charge is 0.235 e. The summed E-state index contributed by atoms with van der Waals surface area (Å²) in [6.45, 7) is 4.70. The Morgan fingerprint density at radius 2 is 2.00 bits per heavy atom. The molecule has 0 atom stereocenters. The quantitative estimate of drug-likeness (QED) is 0.671. The van der Waals surface area contributed by atoms with E-state index in [9.17, 15) is 4.79 Å². The average Bonchev–Trinajstić information content (AvgIpc) is 2.82. The molecule has 0 aromatic carbocycles. The van der Waals surface area contributed by atoms with Crippen LogP contribution in [0.2, 0.25) is 0 Å². The average molecular weight is 391 g/mol. The number of carbonyl (C=O) groups excluding carboxylic acids is 1. The minimum atomic E-state index is -0.694. The number of carbonyl (C=O) groups is 1. The van der Waals surface area contributed by atoms with Gasteiger partial charge in [-0.05, 0) is 45.8 Å². The summed E-state index contributed by atoms with van der Waals surface area (Å²) in [5, 5.41) is 2.05. The number of thiophene rings is 1. The van der Waals surface area contributed by atoms with Crippen LogP contribution in [-0.2, 0) is 11.3 Å². The van der Waals surface area contributed by atoms with Gasteiger partial charge in [0.25, 0.3) is 0 Å². The van der Waals surface area contributed by atoms with Gasteiger partial charge in [0.2, 0.25) is 5.91 Å². The summed E-state index contributed by atoms with van der Waals surface area (Å²) in [4.78, 5) is 15.0. The molecule has 118 valence electrons. The summed E-state index contributed by atoms with van der Waals surface area (Å²) in [6, 6.07) is 2.04. The lowest BCUT2D eigenvalue weighted by Gasteiger charge is -2.35. The van der Waals surface area contributed by atoms with E-state index in [1.807, 2.05) is 13.1 Å². The summed E-state index contributed by atoms with van der Waals surface area (Å²) in [7, 11) is 1.83. The highest BCUT2D eigenvalue weighted by atomic mass is 79.9. The first-order valence-corrected chi connectivity index (χ1v) is 9.23. The number of rotatable bonds is 8. The fourth-order valence-corrected chi connectivity index (χ4v) is 4.18. The molecule has 0 bridgehead atoms. The highest BCUT2D eigenvalue weighted by Crippen LogP contribution is 2.33. The third kappa shape index (κ3) is 4.50. The Morgan fingerprint density at radius 1 is 1.43 bits per heavy atom. The third-order valence-corrected chi connectivity index (χ3v) is 5.57. The van der Waals surface area contributed by atoms with Crippen molar-refractivity contribution < 1.29 is 4.79 Å². The maximum atomic E-state index is 12.9. The van der Waals surface area contributed by atoms with Crippen LogP contribution in [0.4, 0.5) is 0 Å². The van der Waals surface area contributed by atoms with E-state index in [0.717, 1.165) is 22.2 Å². The maximum absolute atomic E-state index is 12.9. The number of halogens is 1. The number of nitrogens with zero attached hydrogens (tertiary/aromatic N) is 1. The molecule has 0 aliphatic rings. The fourth-order valence-electron chi connectivity index (χ4n) is 2.68. The highest BCUT2D eigenvalue weighted by molar-refractivity contribution is 9.11. The van der Waals surface area contributed by atoms with Crippen LogP contribution in [0.5, 0.6) is 0 Å². The summed E-state index contributed by atoms with van der Waals surface area (Å²) in [5.41, 5.74) is 6.38. The molecular formula is C15H23BrN2OS2. The first kappa shape index (κ1) is 18.6. The van der Waals surface area contributed by atoms with Gasteiger partial charge < -0.3 is 10.6 Å². The largest absolute Gasteiger partial charge is 0.392 e. The van der Waals surface area contributed by atoms with Crippen molar-refractivity contribution in [3.63, 3.8) is 0 Å². The molecule has 1 rings (SSSR count). The summed E-state index contributed by atoms with van der Waals surface area (Å²) >= 11 is 10.3. The van der Waals surface area contributed by atoms with Crippen LogP contribution in [0.15, 0.2) is 15.2 Å². The van der Waals surface area contributed by atoms with Gasteiger partial charge in [0, 0.05) is 13.6 Å². The molecule has 3 nitrogen and oxygen atoms in total. The van der Waals surface area contributed by atoms with Crippen LogP contribution in [0.25, 0.3) is 0 Å². The Morgan fingerprint density at radius 3 is 2.38 bits per heavy atom. The first-order chi connectivity index (χ1) is 9.87. The van der Waals surface area contributed by atoms with Crippen LogP contribution in [0, 0.1) is 5.41 Å². The second-order valence-electron chi connectivity index (χ2n) is 5.37. The zero-order chi connectivity index (χ0) is 16.0. The first-order valence-electron chi connectivity index (χ1n) is 7.15. The lowest BCUT2D eigenvalue weighted by atomic mass is 9.77. The standard InChI is InChI=1S/C15H23BrN2OS2/c1-4-6-15(7-5-2,13(17)20)14(19)18(3)9-11-8-12(16)21-10-11/h8,10H,4-7,9H2,1-3H3,(H2,17,20). The molecule has 21 heavy (non-hydrogen) atoms. The van der Waals surface area contributed by atoms with Crippen molar-refractivity contribution >= 4 is 50.4 Å². The van der Waals surface area contributed by atoms with Crippen molar-refractivity contribution in [3.05, 3.63) is 20.8 Å². The van der Waals surface area contributed by atoms with E-state index < -0.39 is 5.41 Å². The molecular weight excluding hydrogens is 368 g/mol. The second-order valence-corrected chi connectivity index (χ2v) is 8.10. The predicted molar refractivity (Wildman–Crippen MR) is 97.5 cm³/mol. The lowest BCUT2D eigenvalue weighted by Crippen LogP contribution is -2.49. The molecule has 0 fully saturated rings. The van der Waals surface area contributed by atoms with Crippen molar-refractivity contribution in [2.45, 2.75) is 46.1 Å². The van der Waals surface area contributed by atoms with Gasteiger partial charge in [-0.2, -0.15) is 0 Å². The molecule has 0 aliphatic carbocycles. The van der Waals surface area contributed by atoms with Gasteiger partial charge in [0.1, 0.15) is 0 Å². The van der Waals surface area contributed by atoms with Crippen molar-refractivity contribution in [2.75, 3.05) is 7.05 Å². The van der Waals surface area contributed by atoms with Gasteiger partial charge in [0.15, 0.2) is 0 Å². The normalized spacial score (nSPS) is 11.4. The van der Waals surface area contributed by atoms with E-state index in [4.69, 9.17) is 18.0 Å². The van der Waals surface area contributed by atoms with Crippen molar-refractivity contribution in [1.29, 1.82) is 0 Å². The monoisotopic (exact) mass is 390 g/mol. The third-order valence-electron chi connectivity index (χ3n) is 3.62. The molecule has 0 unspecified atom stereocenters. The van der Waals surface area contributed by atoms with E-state index >= 15 is 0 Å². The Hall–Kier alpha value is -0.460. The van der Waals surface area contributed by atoms with E-state index in [2.05, 4.69) is 35.2 Å². The minimum Gasteiger partial charge on any atom is -0.392 e. The molecule has 2 N–H and O–H groups in total. The van der Waals surface area contributed by atoms with Gasteiger partial charge in [-0.25, -0.2) is 0 Å². The Bertz CT molecular complexity index is 496. The van der Waals surface area contributed by atoms with Gasteiger partial charge in [-0.15, -0.1) is 11.3 Å². The number of thiocarbonyl (C=S) groups is 1. The minimum absolute atomic E-state index is 0.0426. The SMILES string of the molecule is CCCC(CCC)(C(=O)N(C)Cc1csc(Br)c1)C(N)=S. The highest BCUT2D eigenvalue weighted by Gasteiger charge is 2.41.